The van der Waals surface area contributed by atoms with Gasteiger partial charge >= 0.3 is 6.03 Å². The standard InChI is InChI=1S/C20H18N4O3/c1-21-20(26)24-15-11-9-14(10-12-15)23-18(25)17-8-5-13-22-19(17)27-16-6-3-2-4-7-16/h2-13H,1H3,(H,23,25)(H2,21,24,26). The lowest BCUT2D eigenvalue weighted by Crippen LogP contribution is -2.24. The van der Waals surface area contributed by atoms with Crippen molar-refractivity contribution in [2.75, 3.05) is 17.7 Å². The molecule has 0 unspecified atom stereocenters. The van der Waals surface area contributed by atoms with E-state index in [0.29, 0.717) is 22.7 Å². The maximum absolute atomic E-state index is 12.6. The third-order valence-electron chi connectivity index (χ3n) is 3.60. The first kappa shape index (κ1) is 17.9. The van der Waals surface area contributed by atoms with Crippen LogP contribution >= 0.6 is 0 Å². The number of hydrogen-bond acceptors (Lipinski definition) is 4. The molecule has 1 aromatic heterocycles. The van der Waals surface area contributed by atoms with Crippen LogP contribution in [0, 0.1) is 0 Å². The number of ether oxygens (including phenoxy) is 1. The molecule has 7 nitrogen and oxygen atoms in total. The molecule has 0 fully saturated rings. The van der Waals surface area contributed by atoms with Gasteiger partial charge in [-0.3, -0.25) is 4.79 Å². The number of rotatable bonds is 5. The largest absolute Gasteiger partial charge is 0.438 e. The van der Waals surface area contributed by atoms with Gasteiger partial charge in [-0.2, -0.15) is 0 Å². The van der Waals surface area contributed by atoms with Gasteiger partial charge < -0.3 is 20.7 Å². The van der Waals surface area contributed by atoms with Crippen LogP contribution in [0.5, 0.6) is 11.6 Å². The van der Waals surface area contributed by atoms with E-state index in [9.17, 15) is 9.59 Å². The first-order valence-electron chi connectivity index (χ1n) is 8.24. The van der Waals surface area contributed by atoms with Gasteiger partial charge in [0.25, 0.3) is 5.91 Å². The van der Waals surface area contributed by atoms with E-state index in [1.54, 1.807) is 54.7 Å². The summed E-state index contributed by atoms with van der Waals surface area (Å²) in [6.45, 7) is 0. The van der Waals surface area contributed by atoms with Gasteiger partial charge in [0.2, 0.25) is 5.88 Å². The highest BCUT2D eigenvalue weighted by Gasteiger charge is 2.14. The normalized spacial score (nSPS) is 9.96. The van der Waals surface area contributed by atoms with E-state index in [2.05, 4.69) is 20.9 Å². The number of carbonyl (C=O) groups excluding carboxylic acids is 2. The number of hydrogen-bond donors (Lipinski definition) is 3. The van der Waals surface area contributed by atoms with Gasteiger partial charge in [-0.05, 0) is 48.5 Å². The van der Waals surface area contributed by atoms with E-state index in [1.165, 1.54) is 7.05 Å². The zero-order valence-corrected chi connectivity index (χ0v) is 14.6. The van der Waals surface area contributed by atoms with Crippen LogP contribution in [0.3, 0.4) is 0 Å². The molecule has 0 aliphatic carbocycles. The van der Waals surface area contributed by atoms with Crippen LogP contribution in [0.4, 0.5) is 16.2 Å². The van der Waals surface area contributed by atoms with Crippen LogP contribution in [0.25, 0.3) is 0 Å². The quantitative estimate of drug-likeness (QED) is 0.642. The highest BCUT2D eigenvalue weighted by atomic mass is 16.5. The molecule has 0 radical (unpaired) electrons. The van der Waals surface area contributed by atoms with Crippen molar-refractivity contribution >= 4 is 23.3 Å². The van der Waals surface area contributed by atoms with Crippen LogP contribution in [-0.4, -0.2) is 24.0 Å². The molecule has 2 aromatic carbocycles. The van der Waals surface area contributed by atoms with Crippen molar-refractivity contribution in [2.24, 2.45) is 0 Å². The Balaban J connectivity index is 1.72. The highest BCUT2D eigenvalue weighted by molar-refractivity contribution is 6.06. The number of aromatic nitrogens is 1. The molecule has 3 rings (SSSR count). The molecule has 27 heavy (non-hydrogen) atoms. The first-order valence-corrected chi connectivity index (χ1v) is 8.24. The fourth-order valence-electron chi connectivity index (χ4n) is 2.27. The number of nitrogens with zero attached hydrogens (tertiary/aromatic N) is 1. The molecule has 0 atom stereocenters. The van der Waals surface area contributed by atoms with Gasteiger partial charge in [0.15, 0.2) is 0 Å². The monoisotopic (exact) mass is 362 g/mol. The fraction of sp³-hybridized carbons (Fsp3) is 0.0500. The molecule has 0 bridgehead atoms. The average molecular weight is 362 g/mol. The minimum Gasteiger partial charge on any atom is -0.438 e. The summed E-state index contributed by atoms with van der Waals surface area (Å²) < 4.78 is 5.72. The van der Waals surface area contributed by atoms with Crippen molar-refractivity contribution in [2.45, 2.75) is 0 Å². The van der Waals surface area contributed by atoms with Crippen molar-refractivity contribution in [1.82, 2.24) is 10.3 Å². The van der Waals surface area contributed by atoms with Gasteiger partial charge in [0.1, 0.15) is 11.3 Å². The molecule has 3 amide bonds. The smallest absolute Gasteiger partial charge is 0.318 e. The second-order valence-electron chi connectivity index (χ2n) is 5.51. The zero-order chi connectivity index (χ0) is 19.1. The Bertz CT molecular complexity index is 927. The van der Waals surface area contributed by atoms with E-state index in [0.717, 1.165) is 0 Å². The maximum Gasteiger partial charge on any atom is 0.318 e. The molecular weight excluding hydrogens is 344 g/mol. The van der Waals surface area contributed by atoms with Crippen molar-refractivity contribution in [3.8, 4) is 11.6 Å². The molecule has 7 heteroatoms. The highest BCUT2D eigenvalue weighted by Crippen LogP contribution is 2.23. The number of nitrogens with one attached hydrogen (secondary N) is 3. The Labute approximate surface area is 156 Å². The minimum absolute atomic E-state index is 0.221. The van der Waals surface area contributed by atoms with Crippen LogP contribution in [0.15, 0.2) is 72.9 Å². The van der Waals surface area contributed by atoms with Crippen molar-refractivity contribution in [3.05, 3.63) is 78.5 Å². The number of amides is 3. The summed E-state index contributed by atoms with van der Waals surface area (Å²) in [5.41, 5.74) is 1.51. The summed E-state index contributed by atoms with van der Waals surface area (Å²) in [5, 5.41) is 7.91. The lowest BCUT2D eigenvalue weighted by Gasteiger charge is -2.11. The molecule has 136 valence electrons. The summed E-state index contributed by atoms with van der Waals surface area (Å²) in [6.07, 6.45) is 1.56. The van der Waals surface area contributed by atoms with Crippen LogP contribution < -0.4 is 20.7 Å². The zero-order valence-electron chi connectivity index (χ0n) is 14.6. The van der Waals surface area contributed by atoms with Crippen LogP contribution in [0.2, 0.25) is 0 Å². The Hall–Kier alpha value is -3.87. The predicted octanol–water partition coefficient (Wildman–Crippen LogP) is 3.88. The van der Waals surface area contributed by atoms with Gasteiger partial charge in [0, 0.05) is 24.6 Å². The number of pyridine rings is 1. The Morgan fingerprint density at radius 3 is 2.19 bits per heavy atom. The van der Waals surface area contributed by atoms with Gasteiger partial charge in [-0.15, -0.1) is 0 Å². The van der Waals surface area contributed by atoms with E-state index >= 15 is 0 Å². The number of anilines is 2. The van der Waals surface area contributed by atoms with Crippen LogP contribution in [0.1, 0.15) is 10.4 Å². The van der Waals surface area contributed by atoms with E-state index in [4.69, 9.17) is 4.74 Å². The molecule has 0 aliphatic rings. The van der Waals surface area contributed by atoms with Gasteiger partial charge in [-0.1, -0.05) is 18.2 Å². The topological polar surface area (TPSA) is 92.4 Å². The van der Waals surface area contributed by atoms with Crippen LogP contribution in [-0.2, 0) is 0 Å². The lowest BCUT2D eigenvalue weighted by atomic mass is 10.2. The molecule has 0 spiro atoms. The first-order chi connectivity index (χ1) is 13.2. The Morgan fingerprint density at radius 1 is 0.852 bits per heavy atom. The van der Waals surface area contributed by atoms with E-state index < -0.39 is 0 Å². The molecule has 1 heterocycles. The SMILES string of the molecule is CNC(=O)Nc1ccc(NC(=O)c2cccnc2Oc2ccccc2)cc1. The average Bonchev–Trinajstić information content (AvgIpc) is 2.70. The van der Waals surface area contributed by atoms with E-state index in [-0.39, 0.29) is 17.8 Å². The van der Waals surface area contributed by atoms with Crippen molar-refractivity contribution < 1.29 is 14.3 Å². The maximum atomic E-state index is 12.6. The summed E-state index contributed by atoms with van der Waals surface area (Å²) in [5.74, 6) is 0.468. The third-order valence-corrected chi connectivity index (χ3v) is 3.60. The molecule has 0 saturated carbocycles. The van der Waals surface area contributed by atoms with Gasteiger partial charge in [-0.25, -0.2) is 9.78 Å². The molecule has 0 aliphatic heterocycles. The summed E-state index contributed by atoms with van der Waals surface area (Å²) in [7, 11) is 1.53. The number of para-hydroxylation sites is 1. The minimum atomic E-state index is -0.346. The predicted molar refractivity (Wildman–Crippen MR) is 103 cm³/mol. The fourth-order valence-corrected chi connectivity index (χ4v) is 2.27. The summed E-state index contributed by atoms with van der Waals surface area (Å²) in [6, 6.07) is 18.9. The van der Waals surface area contributed by atoms with Crippen molar-refractivity contribution in [3.63, 3.8) is 0 Å². The Kier molecular flexibility index (Phi) is 5.64. The summed E-state index contributed by atoms with van der Waals surface area (Å²) in [4.78, 5) is 28.1. The lowest BCUT2D eigenvalue weighted by molar-refractivity contribution is 0.102. The third kappa shape index (κ3) is 4.82. The van der Waals surface area contributed by atoms with Gasteiger partial charge in [0.05, 0.1) is 0 Å². The molecule has 0 saturated heterocycles. The molecule has 3 aromatic rings. The van der Waals surface area contributed by atoms with Crippen molar-refractivity contribution in [1.29, 1.82) is 0 Å². The number of benzene rings is 2. The second kappa shape index (κ2) is 8.48. The summed E-state index contributed by atoms with van der Waals surface area (Å²) >= 11 is 0. The van der Waals surface area contributed by atoms with E-state index in [1.807, 2.05) is 18.2 Å². The number of carbonyl (C=O) groups is 2. The number of urea groups is 1. The molecular formula is C20H18N4O3. The molecule has 3 N–H and O–H groups in total. The second-order valence-corrected chi connectivity index (χ2v) is 5.51. The Morgan fingerprint density at radius 2 is 1.52 bits per heavy atom.